The van der Waals surface area contributed by atoms with Crippen LogP contribution in [0.15, 0.2) is 36.4 Å². The molecule has 2 aromatic carbocycles. The number of carboxylic acids is 1. The summed E-state index contributed by atoms with van der Waals surface area (Å²) in [5, 5.41) is 15.2. The first-order valence-electron chi connectivity index (χ1n) is 11.1. The van der Waals surface area contributed by atoms with Crippen molar-refractivity contribution >= 4 is 29.4 Å². The molecule has 0 radical (unpaired) electrons. The van der Waals surface area contributed by atoms with Crippen molar-refractivity contribution in [3.05, 3.63) is 63.7 Å². The number of carbonyl (C=O) groups excluding carboxylic acids is 2. The van der Waals surface area contributed by atoms with Gasteiger partial charge in [0, 0.05) is 29.2 Å². The summed E-state index contributed by atoms with van der Waals surface area (Å²) in [5.41, 5.74) is 2.69. The summed E-state index contributed by atoms with van der Waals surface area (Å²) >= 11 is 6.06. The monoisotopic (exact) mass is 472 g/mol. The average molecular weight is 473 g/mol. The first-order valence-corrected chi connectivity index (χ1v) is 11.4. The number of halogens is 1. The van der Waals surface area contributed by atoms with Gasteiger partial charge in [-0.3, -0.25) is 14.4 Å². The van der Waals surface area contributed by atoms with Crippen LogP contribution in [0.2, 0.25) is 5.02 Å². The first kappa shape index (κ1) is 24.6. The number of aliphatic carboxylic acids is 1. The van der Waals surface area contributed by atoms with E-state index in [-0.39, 0.29) is 36.9 Å². The fourth-order valence-electron chi connectivity index (χ4n) is 3.87. The molecule has 0 aliphatic heterocycles. The zero-order valence-electron chi connectivity index (χ0n) is 18.8. The van der Waals surface area contributed by atoms with Crippen LogP contribution < -0.4 is 15.4 Å². The molecule has 3 rings (SSSR count). The van der Waals surface area contributed by atoms with Gasteiger partial charge in [-0.2, -0.15) is 0 Å². The highest BCUT2D eigenvalue weighted by Crippen LogP contribution is 2.28. The van der Waals surface area contributed by atoms with E-state index in [4.69, 9.17) is 21.4 Å². The lowest BCUT2D eigenvalue weighted by Crippen LogP contribution is -2.35. The summed E-state index contributed by atoms with van der Waals surface area (Å²) in [6, 6.07) is 10.4. The minimum Gasteiger partial charge on any atom is -0.490 e. The molecular weight excluding hydrogens is 444 g/mol. The Morgan fingerprint density at radius 2 is 1.61 bits per heavy atom. The minimum atomic E-state index is -0.737. The normalized spacial score (nSPS) is 17.8. The van der Waals surface area contributed by atoms with Gasteiger partial charge in [-0.15, -0.1) is 0 Å². The lowest BCUT2D eigenvalue weighted by Gasteiger charge is -2.27. The van der Waals surface area contributed by atoms with Crippen LogP contribution in [0.4, 0.5) is 0 Å². The van der Waals surface area contributed by atoms with E-state index in [0.717, 1.165) is 11.1 Å². The Bertz CT molecular complexity index is 1030. The molecule has 2 aromatic rings. The third-order valence-corrected chi connectivity index (χ3v) is 6.31. The van der Waals surface area contributed by atoms with Crippen LogP contribution in [0.3, 0.4) is 0 Å². The maximum absolute atomic E-state index is 12.5. The predicted molar refractivity (Wildman–Crippen MR) is 126 cm³/mol. The topological polar surface area (TPSA) is 105 Å². The quantitative estimate of drug-likeness (QED) is 0.501. The molecule has 1 fully saturated rings. The zero-order chi connectivity index (χ0) is 24.0. The molecular formula is C25H29ClN2O5. The van der Waals surface area contributed by atoms with Crippen LogP contribution in [0.5, 0.6) is 5.75 Å². The van der Waals surface area contributed by atoms with E-state index in [0.29, 0.717) is 47.6 Å². The molecule has 1 saturated carbocycles. The van der Waals surface area contributed by atoms with E-state index in [9.17, 15) is 14.4 Å². The summed E-state index contributed by atoms with van der Waals surface area (Å²) in [6.07, 6.45) is 2.64. The van der Waals surface area contributed by atoms with Gasteiger partial charge in [-0.1, -0.05) is 17.7 Å². The van der Waals surface area contributed by atoms with Crippen molar-refractivity contribution in [2.45, 2.75) is 45.6 Å². The number of benzene rings is 2. The van der Waals surface area contributed by atoms with Crippen LogP contribution in [0, 0.1) is 19.8 Å². The molecule has 0 spiro atoms. The Morgan fingerprint density at radius 1 is 0.939 bits per heavy atom. The molecule has 0 unspecified atom stereocenters. The number of carbonyl (C=O) groups is 3. The Morgan fingerprint density at radius 3 is 2.21 bits per heavy atom. The lowest BCUT2D eigenvalue weighted by atomic mass is 9.87. The van der Waals surface area contributed by atoms with Crippen molar-refractivity contribution in [3.8, 4) is 5.75 Å². The third kappa shape index (κ3) is 6.71. The van der Waals surface area contributed by atoms with Gasteiger partial charge in [0.15, 0.2) is 0 Å². The maximum Gasteiger partial charge on any atom is 0.306 e. The van der Waals surface area contributed by atoms with Crippen LogP contribution in [-0.2, 0) is 4.79 Å². The standard InChI is InChI=1S/C25H29ClN2O5/c1-15-3-4-18(14-22(15)26)23(29)27-11-12-28-24(30)21-10-9-20(13-16(21)2)33-19-7-5-17(6-8-19)25(31)32/h3-4,9-10,13-14,17,19H,5-8,11-12H2,1-2H3,(H,27,29)(H,28,30)(H,31,32). The van der Waals surface area contributed by atoms with Gasteiger partial charge >= 0.3 is 5.97 Å². The van der Waals surface area contributed by atoms with Gasteiger partial charge in [0.1, 0.15) is 5.75 Å². The Hall–Kier alpha value is -3.06. The van der Waals surface area contributed by atoms with Gasteiger partial charge in [-0.05, 0) is 81.0 Å². The number of ether oxygens (including phenoxy) is 1. The molecule has 33 heavy (non-hydrogen) atoms. The number of hydrogen-bond acceptors (Lipinski definition) is 4. The van der Waals surface area contributed by atoms with Crippen molar-refractivity contribution in [1.29, 1.82) is 0 Å². The van der Waals surface area contributed by atoms with E-state index < -0.39 is 5.97 Å². The lowest BCUT2D eigenvalue weighted by molar-refractivity contribution is -0.143. The van der Waals surface area contributed by atoms with Crippen molar-refractivity contribution in [2.75, 3.05) is 13.1 Å². The van der Waals surface area contributed by atoms with Gasteiger partial charge in [0.2, 0.25) is 0 Å². The molecule has 2 amide bonds. The number of rotatable bonds is 8. The largest absolute Gasteiger partial charge is 0.490 e. The summed E-state index contributed by atoms with van der Waals surface area (Å²) in [5.74, 6) is -0.822. The molecule has 0 bridgehead atoms. The fraction of sp³-hybridized carbons (Fsp3) is 0.400. The second kappa shape index (κ2) is 11.2. The van der Waals surface area contributed by atoms with Crippen LogP contribution in [0.1, 0.15) is 57.5 Å². The number of aryl methyl sites for hydroxylation is 2. The second-order valence-corrected chi connectivity index (χ2v) is 8.79. The van der Waals surface area contributed by atoms with Gasteiger partial charge in [0.05, 0.1) is 12.0 Å². The highest BCUT2D eigenvalue weighted by Gasteiger charge is 2.27. The molecule has 176 valence electrons. The minimum absolute atomic E-state index is 0.00769. The van der Waals surface area contributed by atoms with Gasteiger partial charge in [-0.25, -0.2) is 0 Å². The molecule has 0 atom stereocenters. The molecule has 1 aliphatic rings. The first-order chi connectivity index (χ1) is 15.7. The Balaban J connectivity index is 1.45. The van der Waals surface area contributed by atoms with E-state index in [2.05, 4.69) is 10.6 Å². The molecule has 7 nitrogen and oxygen atoms in total. The molecule has 1 aliphatic carbocycles. The summed E-state index contributed by atoms with van der Waals surface area (Å²) in [6.45, 7) is 4.28. The average Bonchev–Trinajstić information content (AvgIpc) is 2.78. The molecule has 0 saturated heterocycles. The number of nitrogens with one attached hydrogen (secondary N) is 2. The molecule has 0 heterocycles. The molecule has 8 heteroatoms. The van der Waals surface area contributed by atoms with E-state index >= 15 is 0 Å². The maximum atomic E-state index is 12.5. The number of hydrogen-bond donors (Lipinski definition) is 3. The molecule has 0 aromatic heterocycles. The van der Waals surface area contributed by atoms with E-state index in [1.807, 2.05) is 19.9 Å². The SMILES string of the molecule is Cc1ccc(C(=O)NCCNC(=O)c2ccc(OC3CCC(C(=O)O)CC3)cc2C)cc1Cl. The third-order valence-electron chi connectivity index (χ3n) is 5.90. The summed E-state index contributed by atoms with van der Waals surface area (Å²) in [7, 11) is 0. The fourth-order valence-corrected chi connectivity index (χ4v) is 4.05. The summed E-state index contributed by atoms with van der Waals surface area (Å²) in [4.78, 5) is 35.8. The zero-order valence-corrected chi connectivity index (χ0v) is 19.6. The van der Waals surface area contributed by atoms with Crippen molar-refractivity contribution in [1.82, 2.24) is 10.6 Å². The van der Waals surface area contributed by atoms with Crippen molar-refractivity contribution in [2.24, 2.45) is 5.92 Å². The molecule has 3 N–H and O–H groups in total. The Labute approximate surface area is 198 Å². The Kier molecular flexibility index (Phi) is 8.33. The smallest absolute Gasteiger partial charge is 0.306 e. The predicted octanol–water partition coefficient (Wildman–Crippen LogP) is 4.14. The van der Waals surface area contributed by atoms with E-state index in [1.54, 1.807) is 30.3 Å². The number of amides is 2. The van der Waals surface area contributed by atoms with Crippen molar-refractivity contribution < 1.29 is 24.2 Å². The van der Waals surface area contributed by atoms with Crippen LogP contribution >= 0.6 is 11.6 Å². The second-order valence-electron chi connectivity index (χ2n) is 8.38. The van der Waals surface area contributed by atoms with Gasteiger partial charge in [0.25, 0.3) is 11.8 Å². The van der Waals surface area contributed by atoms with Crippen LogP contribution in [-0.4, -0.2) is 42.1 Å². The van der Waals surface area contributed by atoms with E-state index in [1.165, 1.54) is 0 Å². The highest BCUT2D eigenvalue weighted by atomic mass is 35.5. The number of carboxylic acid groups (broad SMARTS) is 1. The highest BCUT2D eigenvalue weighted by molar-refractivity contribution is 6.31. The van der Waals surface area contributed by atoms with Gasteiger partial charge < -0.3 is 20.5 Å². The summed E-state index contributed by atoms with van der Waals surface area (Å²) < 4.78 is 6.00. The van der Waals surface area contributed by atoms with Crippen LogP contribution in [0.25, 0.3) is 0 Å². The van der Waals surface area contributed by atoms with Crippen molar-refractivity contribution in [3.63, 3.8) is 0 Å².